The molecule has 1 unspecified atom stereocenters. The number of nitrogens with one attached hydrogen (secondary N) is 1. The van der Waals surface area contributed by atoms with E-state index in [9.17, 15) is 19.2 Å². The number of carboxylic acids is 1. The SMILES string of the molecule is CCCCCCCCCCCC(CCCCCCCCCCC(=O)OCc1ccccc1)(C(=O)NCCOCCOCCOCCOCCOCCOCCOCCOCCC(=O)O)C(=O)OCc1ccccc1. The molecule has 0 bridgehead atoms. The first kappa shape index (κ1) is 66.1. The summed E-state index contributed by atoms with van der Waals surface area (Å²) >= 11 is 0. The molecule has 2 aromatic rings. The maximum atomic E-state index is 14.3. The molecule has 0 aliphatic heterocycles. The van der Waals surface area contributed by atoms with Crippen molar-refractivity contribution in [3.63, 3.8) is 0 Å². The summed E-state index contributed by atoms with van der Waals surface area (Å²) < 4.78 is 55.4. The van der Waals surface area contributed by atoms with Gasteiger partial charge >= 0.3 is 17.9 Å². The number of carbonyl (C=O) groups excluding carboxylic acids is 3. The number of carboxylic acid groups (broad SMARTS) is 1. The normalized spacial score (nSPS) is 12.1. The molecule has 0 radical (unpaired) electrons. The van der Waals surface area contributed by atoms with E-state index in [1.54, 1.807) is 0 Å². The van der Waals surface area contributed by atoms with Gasteiger partial charge in [0, 0.05) is 13.0 Å². The Balaban J connectivity index is 1.67. The zero-order valence-electron chi connectivity index (χ0n) is 45.2. The number of carbonyl (C=O) groups is 4. The first-order valence-corrected chi connectivity index (χ1v) is 27.9. The van der Waals surface area contributed by atoms with Gasteiger partial charge in [0.25, 0.3) is 0 Å². The third-order valence-electron chi connectivity index (χ3n) is 12.3. The number of aliphatic carboxylic acids is 1. The quantitative estimate of drug-likeness (QED) is 0.0361. The number of rotatable bonds is 54. The van der Waals surface area contributed by atoms with Crippen molar-refractivity contribution in [1.82, 2.24) is 5.32 Å². The van der Waals surface area contributed by atoms with E-state index < -0.39 is 17.4 Å². The third-order valence-corrected chi connectivity index (χ3v) is 12.3. The van der Waals surface area contributed by atoms with E-state index in [0.29, 0.717) is 118 Å². The molecule has 0 fully saturated rings. The number of hydrogen-bond acceptors (Lipinski definition) is 14. The summed E-state index contributed by atoms with van der Waals surface area (Å²) in [6.45, 7) is 9.23. The van der Waals surface area contributed by atoms with Crippen LogP contribution >= 0.6 is 0 Å². The maximum Gasteiger partial charge on any atom is 0.321 e. The zero-order valence-corrected chi connectivity index (χ0v) is 45.2. The lowest BCUT2D eigenvalue weighted by Gasteiger charge is -2.31. The van der Waals surface area contributed by atoms with Crippen LogP contribution in [0.15, 0.2) is 60.7 Å². The molecule has 1 atom stereocenters. The molecule has 2 N–H and O–H groups in total. The number of ether oxygens (including phenoxy) is 10. The van der Waals surface area contributed by atoms with Crippen LogP contribution < -0.4 is 5.32 Å². The Morgan fingerprint density at radius 2 is 0.770 bits per heavy atom. The zero-order chi connectivity index (χ0) is 53.1. The average Bonchev–Trinajstić information content (AvgIpc) is 3.41. The smallest absolute Gasteiger partial charge is 0.321 e. The van der Waals surface area contributed by atoms with Gasteiger partial charge in [-0.3, -0.25) is 19.2 Å². The van der Waals surface area contributed by atoms with E-state index in [0.717, 1.165) is 88.2 Å². The van der Waals surface area contributed by atoms with E-state index in [2.05, 4.69) is 12.2 Å². The molecule has 0 aliphatic carbocycles. The molecular formula is C58H95NO15. The Morgan fingerprint density at radius 1 is 0.419 bits per heavy atom. The highest BCUT2D eigenvalue weighted by molar-refractivity contribution is 6.02. The molecule has 0 spiro atoms. The number of unbranched alkanes of at least 4 members (excludes halogenated alkanes) is 15. The van der Waals surface area contributed by atoms with Crippen molar-refractivity contribution in [2.24, 2.45) is 5.41 Å². The summed E-state index contributed by atoms with van der Waals surface area (Å²) in [6, 6.07) is 19.3. The first-order valence-electron chi connectivity index (χ1n) is 27.9. The Hall–Kier alpha value is -4.00. The summed E-state index contributed by atoms with van der Waals surface area (Å²) in [6.07, 6.45) is 19.2. The van der Waals surface area contributed by atoms with Crippen LogP contribution in [-0.2, 0) is 79.8 Å². The number of benzene rings is 2. The van der Waals surface area contributed by atoms with Gasteiger partial charge < -0.3 is 57.8 Å². The lowest BCUT2D eigenvalue weighted by atomic mass is 9.76. The fourth-order valence-corrected chi connectivity index (χ4v) is 8.02. The molecule has 2 rings (SSSR count). The van der Waals surface area contributed by atoms with Crippen molar-refractivity contribution in [3.8, 4) is 0 Å². The van der Waals surface area contributed by atoms with Crippen LogP contribution in [0.3, 0.4) is 0 Å². The highest BCUT2D eigenvalue weighted by Crippen LogP contribution is 2.35. The van der Waals surface area contributed by atoms with Crippen LogP contribution in [0.5, 0.6) is 0 Å². The average molecular weight is 1050 g/mol. The summed E-state index contributed by atoms with van der Waals surface area (Å²) in [7, 11) is 0. The van der Waals surface area contributed by atoms with Gasteiger partial charge in [-0.15, -0.1) is 0 Å². The Kier molecular flexibility index (Phi) is 43.4. The van der Waals surface area contributed by atoms with Gasteiger partial charge in [0.15, 0.2) is 0 Å². The third kappa shape index (κ3) is 37.7. The molecular weight excluding hydrogens is 951 g/mol. The molecule has 0 saturated carbocycles. The molecule has 0 aromatic heterocycles. The molecule has 74 heavy (non-hydrogen) atoms. The Labute approximate surface area is 443 Å². The standard InChI is InChI=1S/C58H95NO15/c1-2-3-4-5-6-8-11-14-23-31-58(57(64)74-51-53-27-20-17-21-28-53,32-24-15-12-9-7-10-13-22-29-55(62)73-50-52-25-18-16-19-26-52)56(63)59-33-35-66-37-39-68-41-43-70-45-47-72-49-48-71-46-44-69-42-40-67-38-36-65-34-30-54(60)61/h16-21,25-28H,2-15,22-24,29-51H2,1H3,(H,59,63)(H,60,61). The van der Waals surface area contributed by atoms with Crippen LogP contribution in [0.4, 0.5) is 0 Å². The fourth-order valence-electron chi connectivity index (χ4n) is 8.02. The van der Waals surface area contributed by atoms with Crippen LogP contribution in [0.1, 0.15) is 153 Å². The Bertz CT molecular complexity index is 1620. The van der Waals surface area contributed by atoms with Crippen molar-refractivity contribution < 1.29 is 71.7 Å². The Morgan fingerprint density at radius 3 is 1.18 bits per heavy atom. The second kappa shape index (κ2) is 48.6. The van der Waals surface area contributed by atoms with Gasteiger partial charge in [0.2, 0.25) is 5.91 Å². The van der Waals surface area contributed by atoms with Crippen LogP contribution in [-0.4, -0.2) is 141 Å². The summed E-state index contributed by atoms with van der Waals surface area (Å²) in [5, 5.41) is 11.6. The second-order valence-corrected chi connectivity index (χ2v) is 18.5. The number of hydrogen-bond donors (Lipinski definition) is 2. The molecule has 1 amide bonds. The van der Waals surface area contributed by atoms with Gasteiger partial charge in [-0.2, -0.15) is 0 Å². The van der Waals surface area contributed by atoms with Gasteiger partial charge in [-0.05, 0) is 30.4 Å². The maximum absolute atomic E-state index is 14.3. The van der Waals surface area contributed by atoms with E-state index in [1.807, 2.05) is 60.7 Å². The highest BCUT2D eigenvalue weighted by atomic mass is 16.6. The molecule has 2 aromatic carbocycles. The van der Waals surface area contributed by atoms with E-state index in [-0.39, 0.29) is 44.7 Å². The largest absolute Gasteiger partial charge is 0.481 e. The predicted octanol–water partition coefficient (Wildman–Crippen LogP) is 10.0. The topological polar surface area (TPSA) is 193 Å². The summed E-state index contributed by atoms with van der Waals surface area (Å²) in [4.78, 5) is 51.1. The van der Waals surface area contributed by atoms with Gasteiger partial charge in [0.05, 0.1) is 112 Å². The van der Waals surface area contributed by atoms with E-state index in [4.69, 9.17) is 52.5 Å². The van der Waals surface area contributed by atoms with Crippen LogP contribution in [0.25, 0.3) is 0 Å². The van der Waals surface area contributed by atoms with Gasteiger partial charge in [-0.1, -0.05) is 170 Å². The molecule has 0 saturated heterocycles. The minimum atomic E-state index is -1.29. The first-order chi connectivity index (χ1) is 36.4. The van der Waals surface area contributed by atoms with Crippen LogP contribution in [0, 0.1) is 5.41 Å². The number of esters is 2. The van der Waals surface area contributed by atoms with Crippen molar-refractivity contribution in [3.05, 3.63) is 71.8 Å². The summed E-state index contributed by atoms with van der Waals surface area (Å²) in [5.41, 5.74) is 0.588. The lowest BCUT2D eigenvalue weighted by Crippen LogP contribution is -2.48. The second-order valence-electron chi connectivity index (χ2n) is 18.5. The van der Waals surface area contributed by atoms with Crippen LogP contribution in [0.2, 0.25) is 0 Å². The van der Waals surface area contributed by atoms with Crippen molar-refractivity contribution in [2.45, 2.75) is 155 Å². The van der Waals surface area contributed by atoms with Gasteiger partial charge in [-0.25, -0.2) is 0 Å². The van der Waals surface area contributed by atoms with Crippen molar-refractivity contribution in [1.29, 1.82) is 0 Å². The molecule has 0 heterocycles. The molecule has 422 valence electrons. The van der Waals surface area contributed by atoms with Crippen molar-refractivity contribution >= 4 is 23.8 Å². The molecule has 16 nitrogen and oxygen atoms in total. The predicted molar refractivity (Wildman–Crippen MR) is 285 cm³/mol. The van der Waals surface area contributed by atoms with E-state index in [1.165, 1.54) is 32.1 Å². The monoisotopic (exact) mass is 1050 g/mol. The minimum absolute atomic E-state index is 0.0165. The van der Waals surface area contributed by atoms with Gasteiger partial charge in [0.1, 0.15) is 18.6 Å². The van der Waals surface area contributed by atoms with E-state index >= 15 is 0 Å². The summed E-state index contributed by atoms with van der Waals surface area (Å²) in [5.74, 6) is -1.78. The lowest BCUT2D eigenvalue weighted by molar-refractivity contribution is -0.164. The highest BCUT2D eigenvalue weighted by Gasteiger charge is 2.46. The minimum Gasteiger partial charge on any atom is -0.481 e. The molecule has 16 heteroatoms. The fraction of sp³-hybridized carbons (Fsp3) is 0.724. The van der Waals surface area contributed by atoms with Crippen molar-refractivity contribution in [2.75, 3.05) is 112 Å². The number of amides is 1. The molecule has 0 aliphatic rings.